The summed E-state index contributed by atoms with van der Waals surface area (Å²) in [6.07, 6.45) is 4.04. The van der Waals surface area contributed by atoms with Gasteiger partial charge in [-0.1, -0.05) is 42.5 Å². The normalized spacial score (nSPS) is 15.0. The van der Waals surface area contributed by atoms with Gasteiger partial charge in [0.2, 0.25) is 0 Å². The molecule has 0 atom stereocenters. The molecule has 1 fully saturated rings. The fourth-order valence-electron chi connectivity index (χ4n) is 5.42. The minimum Gasteiger partial charge on any atom is -0.333 e. The first kappa shape index (κ1) is 22.3. The van der Waals surface area contributed by atoms with Crippen LogP contribution >= 0.6 is 0 Å². The van der Waals surface area contributed by atoms with Gasteiger partial charge in [0, 0.05) is 36.1 Å². The molecule has 1 aromatic heterocycles. The number of piperidine rings is 1. The minimum atomic E-state index is 0.350. The van der Waals surface area contributed by atoms with Gasteiger partial charge in [-0.15, -0.1) is 0 Å². The molecule has 172 valence electrons. The molecule has 5 heteroatoms. The minimum absolute atomic E-state index is 0.350. The van der Waals surface area contributed by atoms with Crippen molar-refractivity contribution in [3.63, 3.8) is 0 Å². The summed E-state index contributed by atoms with van der Waals surface area (Å²) in [4.78, 5) is 7.37. The van der Waals surface area contributed by atoms with Gasteiger partial charge in [0.15, 0.2) is 0 Å². The van der Waals surface area contributed by atoms with E-state index in [2.05, 4.69) is 53.6 Å². The summed E-state index contributed by atoms with van der Waals surface area (Å²) < 4.78 is 2.09. The summed E-state index contributed by atoms with van der Waals surface area (Å²) in [5.74, 6) is 0. The van der Waals surface area contributed by atoms with E-state index in [1.54, 1.807) is 0 Å². The molecular weight excluding hydrogens is 418 g/mol. The number of imidazole rings is 1. The third kappa shape index (κ3) is 4.00. The Bertz CT molecular complexity index is 1380. The fourth-order valence-corrected chi connectivity index (χ4v) is 5.42. The highest BCUT2D eigenvalue weighted by molar-refractivity contribution is 6.01. The summed E-state index contributed by atoms with van der Waals surface area (Å²) in [5.41, 5.74) is 14.9. The van der Waals surface area contributed by atoms with Crippen molar-refractivity contribution < 1.29 is 0 Å². The van der Waals surface area contributed by atoms with E-state index in [0.717, 1.165) is 60.2 Å². The van der Waals surface area contributed by atoms with E-state index in [1.807, 2.05) is 37.6 Å². The molecule has 0 radical (unpaired) electrons. The van der Waals surface area contributed by atoms with Crippen molar-refractivity contribution in [1.29, 1.82) is 5.26 Å². The topological polar surface area (TPSA) is 70.9 Å². The Morgan fingerprint density at radius 2 is 1.71 bits per heavy atom. The molecule has 1 aliphatic rings. The maximum atomic E-state index is 9.60. The number of rotatable bonds is 4. The highest BCUT2D eigenvalue weighted by atomic mass is 15.1. The Hall–Kier alpha value is -3.46. The number of likely N-dealkylation sites (tertiary alicyclic amines) is 1. The van der Waals surface area contributed by atoms with Gasteiger partial charge in [-0.25, -0.2) is 4.98 Å². The molecular formula is C29H31N5. The Kier molecular flexibility index (Phi) is 5.95. The first-order valence-electron chi connectivity index (χ1n) is 12.0. The molecule has 1 saturated heterocycles. The van der Waals surface area contributed by atoms with Gasteiger partial charge in [0.1, 0.15) is 0 Å². The largest absolute Gasteiger partial charge is 0.333 e. The Labute approximate surface area is 201 Å². The van der Waals surface area contributed by atoms with E-state index in [4.69, 9.17) is 10.7 Å². The molecule has 5 rings (SSSR count). The van der Waals surface area contributed by atoms with Crippen LogP contribution in [0.1, 0.15) is 35.1 Å². The van der Waals surface area contributed by atoms with Crippen LogP contribution in [0.4, 0.5) is 0 Å². The quantitative estimate of drug-likeness (QED) is 0.458. The van der Waals surface area contributed by atoms with Crippen LogP contribution in [-0.2, 0) is 13.6 Å². The van der Waals surface area contributed by atoms with Crippen molar-refractivity contribution >= 4 is 10.8 Å². The number of nitriles is 1. The summed E-state index contributed by atoms with van der Waals surface area (Å²) in [7, 11) is 2.04. The molecule has 0 saturated carbocycles. The number of benzene rings is 3. The van der Waals surface area contributed by atoms with E-state index in [-0.39, 0.29) is 0 Å². The smallest absolute Gasteiger partial charge is 0.0998 e. The summed E-state index contributed by atoms with van der Waals surface area (Å²) in [5, 5.41) is 11.6. The molecule has 2 heterocycles. The number of hydrogen-bond donors (Lipinski definition) is 1. The number of aromatic nitrogens is 2. The van der Waals surface area contributed by atoms with Crippen LogP contribution in [-0.4, -0.2) is 33.6 Å². The van der Waals surface area contributed by atoms with Crippen molar-refractivity contribution in [3.8, 4) is 28.6 Å². The van der Waals surface area contributed by atoms with Gasteiger partial charge in [-0.2, -0.15) is 5.26 Å². The predicted molar refractivity (Wildman–Crippen MR) is 138 cm³/mol. The van der Waals surface area contributed by atoms with Crippen LogP contribution in [0.15, 0.2) is 54.9 Å². The van der Waals surface area contributed by atoms with Gasteiger partial charge in [0.25, 0.3) is 0 Å². The molecule has 0 aliphatic carbocycles. The molecule has 0 spiro atoms. The van der Waals surface area contributed by atoms with Crippen LogP contribution in [0.3, 0.4) is 0 Å². The van der Waals surface area contributed by atoms with Gasteiger partial charge < -0.3 is 10.3 Å². The van der Waals surface area contributed by atoms with Crippen molar-refractivity contribution in [2.24, 2.45) is 12.8 Å². The first-order valence-corrected chi connectivity index (χ1v) is 12.0. The third-order valence-electron chi connectivity index (χ3n) is 7.10. The lowest BCUT2D eigenvalue weighted by molar-refractivity contribution is 0.205. The molecule has 5 nitrogen and oxygen atoms in total. The van der Waals surface area contributed by atoms with Crippen LogP contribution in [0.5, 0.6) is 0 Å². The summed E-state index contributed by atoms with van der Waals surface area (Å²) in [6.45, 7) is 7.47. The first-order chi connectivity index (χ1) is 16.5. The van der Waals surface area contributed by atoms with E-state index in [0.29, 0.717) is 11.6 Å². The zero-order chi connectivity index (χ0) is 23.8. The second-order valence-electron chi connectivity index (χ2n) is 9.59. The molecule has 2 N–H and O–H groups in total. The van der Waals surface area contributed by atoms with Crippen LogP contribution < -0.4 is 5.73 Å². The molecule has 34 heavy (non-hydrogen) atoms. The second-order valence-corrected chi connectivity index (χ2v) is 9.59. The van der Waals surface area contributed by atoms with Crippen molar-refractivity contribution in [3.05, 3.63) is 77.1 Å². The Balaban J connectivity index is 1.58. The zero-order valence-electron chi connectivity index (χ0n) is 20.2. The van der Waals surface area contributed by atoms with Gasteiger partial charge in [0.05, 0.1) is 29.3 Å². The fraction of sp³-hybridized carbons (Fsp3) is 0.310. The van der Waals surface area contributed by atoms with Gasteiger partial charge in [-0.3, -0.25) is 4.90 Å². The molecule has 4 aromatic rings. The molecule has 0 unspecified atom stereocenters. The van der Waals surface area contributed by atoms with E-state index in [1.165, 1.54) is 22.3 Å². The van der Waals surface area contributed by atoms with Crippen molar-refractivity contribution in [1.82, 2.24) is 14.5 Å². The number of nitrogens with zero attached hydrogens (tertiary/aromatic N) is 4. The summed E-state index contributed by atoms with van der Waals surface area (Å²) in [6, 6.07) is 19.4. The molecule has 3 aromatic carbocycles. The second kappa shape index (κ2) is 9.06. The predicted octanol–water partition coefficient (Wildman–Crippen LogP) is 5.32. The highest BCUT2D eigenvalue weighted by Gasteiger charge is 2.21. The lowest BCUT2D eigenvalue weighted by Crippen LogP contribution is -2.39. The van der Waals surface area contributed by atoms with Crippen LogP contribution in [0.25, 0.3) is 33.3 Å². The molecule has 1 aliphatic heterocycles. The Morgan fingerprint density at radius 3 is 2.38 bits per heavy atom. The van der Waals surface area contributed by atoms with E-state index < -0.39 is 0 Å². The maximum Gasteiger partial charge on any atom is 0.0998 e. The monoisotopic (exact) mass is 449 g/mol. The number of hydrogen-bond acceptors (Lipinski definition) is 4. The van der Waals surface area contributed by atoms with E-state index >= 15 is 0 Å². The molecule has 0 bridgehead atoms. The van der Waals surface area contributed by atoms with Gasteiger partial charge in [-0.05, 0) is 67.9 Å². The van der Waals surface area contributed by atoms with Crippen molar-refractivity contribution in [2.75, 3.05) is 13.1 Å². The average molecular weight is 450 g/mol. The number of fused-ring (bicyclic) bond motifs is 1. The summed E-state index contributed by atoms with van der Waals surface area (Å²) >= 11 is 0. The standard InChI is InChI=1S/C29H31N5/c1-19-14-21(17-34-12-10-23(31)11-13-34)15-20(2)27(19)28-29(33(3)18-32-28)26-9-8-22(16-30)24-6-4-5-7-25(24)26/h4-9,14-15,18,23H,10-13,17,31H2,1-3H3. The van der Waals surface area contributed by atoms with Crippen LogP contribution in [0, 0.1) is 25.2 Å². The lowest BCUT2D eigenvalue weighted by atomic mass is 9.92. The maximum absolute atomic E-state index is 9.60. The number of aryl methyl sites for hydroxylation is 3. The number of nitrogens with two attached hydrogens (primary N) is 1. The highest BCUT2D eigenvalue weighted by Crippen LogP contribution is 2.39. The SMILES string of the molecule is Cc1cc(CN2CCC(N)CC2)cc(C)c1-c1ncn(C)c1-c1ccc(C#N)c2ccccc12. The molecule has 0 amide bonds. The van der Waals surface area contributed by atoms with Crippen molar-refractivity contribution in [2.45, 2.75) is 39.3 Å². The Morgan fingerprint density at radius 1 is 1.03 bits per heavy atom. The van der Waals surface area contributed by atoms with E-state index in [9.17, 15) is 5.26 Å². The zero-order valence-corrected chi connectivity index (χ0v) is 20.2. The average Bonchev–Trinajstić information content (AvgIpc) is 3.20. The third-order valence-corrected chi connectivity index (χ3v) is 7.10. The lowest BCUT2D eigenvalue weighted by Gasteiger charge is -2.30. The van der Waals surface area contributed by atoms with Gasteiger partial charge >= 0.3 is 0 Å². The van der Waals surface area contributed by atoms with Crippen LogP contribution in [0.2, 0.25) is 0 Å².